The van der Waals surface area contributed by atoms with E-state index in [1.165, 1.54) is 12.0 Å². The Hall–Kier alpha value is -4.01. The summed E-state index contributed by atoms with van der Waals surface area (Å²) >= 11 is 5.93. The Morgan fingerprint density at radius 1 is 1.16 bits per heavy atom. The number of imidazole rings is 1. The highest BCUT2D eigenvalue weighted by atomic mass is 35.5. The quantitative estimate of drug-likeness (QED) is 0.136. The number of hydrogen-bond donors (Lipinski definition) is 2. The topological polar surface area (TPSA) is 124 Å². The van der Waals surface area contributed by atoms with E-state index < -0.39 is 44.0 Å². The van der Waals surface area contributed by atoms with Crippen LogP contribution in [0.1, 0.15) is 56.1 Å². The van der Waals surface area contributed by atoms with E-state index in [4.69, 9.17) is 30.8 Å². The van der Waals surface area contributed by atoms with Gasteiger partial charge in [-0.05, 0) is 49.2 Å². The number of nitrogens with zero attached hydrogens (tertiary/aromatic N) is 3. The largest absolute Gasteiger partial charge is 0.453 e. The molecule has 11 nitrogen and oxygen atoms in total. The number of methoxy groups -OCH3 is 1. The van der Waals surface area contributed by atoms with Crippen LogP contribution in [0.4, 0.5) is 29.7 Å². The van der Waals surface area contributed by atoms with Crippen LogP contribution in [0.15, 0.2) is 36.5 Å². The molecule has 2 aliphatic rings. The van der Waals surface area contributed by atoms with Crippen LogP contribution in [-0.2, 0) is 25.7 Å². The van der Waals surface area contributed by atoms with Gasteiger partial charge < -0.3 is 24.1 Å². The number of halogens is 3. The second kappa shape index (κ2) is 15.3. The number of amides is 3. The smallest absolute Gasteiger partial charge is 0.411 e. The molecule has 49 heavy (non-hydrogen) atoms. The third-order valence-electron chi connectivity index (χ3n) is 8.77. The van der Waals surface area contributed by atoms with E-state index in [2.05, 4.69) is 30.3 Å². The Labute approximate surface area is 290 Å². The third kappa shape index (κ3) is 8.59. The summed E-state index contributed by atoms with van der Waals surface area (Å²) in [7, 11) is -0.118. The van der Waals surface area contributed by atoms with Crippen molar-refractivity contribution in [2.75, 3.05) is 30.9 Å². The average molecular weight is 718 g/mol. The van der Waals surface area contributed by atoms with Crippen molar-refractivity contribution < 1.29 is 37.4 Å². The van der Waals surface area contributed by atoms with Gasteiger partial charge in [0.05, 0.1) is 35.1 Å². The van der Waals surface area contributed by atoms with Crippen LogP contribution in [0.2, 0.25) is 30.7 Å². The van der Waals surface area contributed by atoms with Crippen molar-refractivity contribution in [2.24, 2.45) is 5.92 Å². The molecule has 2 aromatic carbocycles. The Balaban J connectivity index is 1.53. The fraction of sp³-hybridized carbons (Fsp3) is 0.471. The predicted octanol–water partition coefficient (Wildman–Crippen LogP) is 8.36. The van der Waals surface area contributed by atoms with E-state index in [1.54, 1.807) is 18.2 Å². The van der Waals surface area contributed by atoms with Crippen molar-refractivity contribution in [2.45, 2.75) is 77.2 Å². The molecular formula is C34H42ClF2N5O6Si. The van der Waals surface area contributed by atoms with Gasteiger partial charge in [-0.25, -0.2) is 23.4 Å². The average Bonchev–Trinajstić information content (AvgIpc) is 3.46. The van der Waals surface area contributed by atoms with E-state index in [1.807, 2.05) is 17.7 Å². The third-order valence-corrected chi connectivity index (χ3v) is 10.8. The molecule has 0 aliphatic carbocycles. The zero-order valence-electron chi connectivity index (χ0n) is 28.3. The predicted molar refractivity (Wildman–Crippen MR) is 184 cm³/mol. The molecule has 3 atom stereocenters. The number of ether oxygens (including phenoxy) is 3. The van der Waals surface area contributed by atoms with E-state index in [-0.39, 0.29) is 42.1 Å². The van der Waals surface area contributed by atoms with Crippen molar-refractivity contribution in [1.82, 2.24) is 14.5 Å². The lowest BCUT2D eigenvalue weighted by molar-refractivity contribution is -0.119. The SMILES string of the molecule is COC(=O)Nc1ccc2c(c1)NC(=O)[C@H](C)CCC[C@H](N1CCC(c3c(F)ccc(Cl)c3F)OC1=O)c1nc-2cn1COCC[Si](C)(C)C. The number of anilines is 2. The van der Waals surface area contributed by atoms with E-state index in [9.17, 15) is 23.2 Å². The Morgan fingerprint density at radius 3 is 2.65 bits per heavy atom. The van der Waals surface area contributed by atoms with Gasteiger partial charge in [-0.3, -0.25) is 15.0 Å². The summed E-state index contributed by atoms with van der Waals surface area (Å²) in [5.41, 5.74) is 1.57. The molecule has 1 saturated heterocycles. The fourth-order valence-electron chi connectivity index (χ4n) is 5.94. The van der Waals surface area contributed by atoms with Crippen molar-refractivity contribution in [3.8, 4) is 11.3 Å². The summed E-state index contributed by atoms with van der Waals surface area (Å²) in [4.78, 5) is 45.5. The summed E-state index contributed by atoms with van der Waals surface area (Å²) in [6, 6.07) is 7.58. The number of cyclic esters (lactones) is 1. The number of aromatic nitrogens is 2. The van der Waals surface area contributed by atoms with E-state index in [0.29, 0.717) is 54.3 Å². The first-order valence-electron chi connectivity index (χ1n) is 16.3. The van der Waals surface area contributed by atoms with Gasteiger partial charge in [0.15, 0.2) is 5.82 Å². The molecule has 15 heteroatoms. The zero-order chi connectivity index (χ0) is 35.5. The van der Waals surface area contributed by atoms with Crippen LogP contribution in [0.25, 0.3) is 11.3 Å². The molecule has 264 valence electrons. The molecule has 1 fully saturated rings. The molecule has 1 aromatic heterocycles. The number of carbonyl (C=O) groups excluding carboxylic acids is 3. The maximum atomic E-state index is 14.9. The highest BCUT2D eigenvalue weighted by molar-refractivity contribution is 6.76. The first-order valence-corrected chi connectivity index (χ1v) is 20.4. The summed E-state index contributed by atoms with van der Waals surface area (Å²) in [6.45, 7) is 9.46. The van der Waals surface area contributed by atoms with E-state index in [0.717, 1.165) is 18.2 Å². The zero-order valence-corrected chi connectivity index (χ0v) is 30.0. The van der Waals surface area contributed by atoms with Crippen molar-refractivity contribution in [3.63, 3.8) is 0 Å². The molecule has 3 heterocycles. The second-order valence-electron chi connectivity index (χ2n) is 13.6. The number of nitrogens with one attached hydrogen (secondary N) is 2. The standard InChI is InChI=1S/C34H42ClF2N5O6Si/c1-20-7-6-8-27(42-14-13-28(48-34(42)45)29-24(36)12-11-23(35)30(29)37)31-39-26(18-41(31)19-47-15-16-49(3,4)5)22-10-9-21(38-33(44)46-2)17-25(22)40-32(20)43/h9-12,17-18,20,27-28H,6-8,13-16,19H2,1-5H3,(H,38,44)(H,40,43)/t20-,27+,28?/m1/s1. The van der Waals surface area contributed by atoms with Gasteiger partial charge in [0.1, 0.15) is 24.5 Å². The van der Waals surface area contributed by atoms with Crippen LogP contribution >= 0.6 is 11.6 Å². The molecule has 2 N–H and O–H groups in total. The Kier molecular flexibility index (Phi) is 11.3. The van der Waals surface area contributed by atoms with Crippen LogP contribution in [0.5, 0.6) is 0 Å². The van der Waals surface area contributed by atoms with Gasteiger partial charge in [0.2, 0.25) is 5.91 Å². The fourth-order valence-corrected chi connectivity index (χ4v) is 6.86. The molecule has 0 radical (unpaired) electrons. The molecule has 0 saturated carbocycles. The maximum Gasteiger partial charge on any atom is 0.411 e. The van der Waals surface area contributed by atoms with Crippen LogP contribution in [-0.4, -0.2) is 60.9 Å². The summed E-state index contributed by atoms with van der Waals surface area (Å²) < 4.78 is 48.0. The number of carbonyl (C=O) groups is 3. The molecule has 0 spiro atoms. The lowest BCUT2D eigenvalue weighted by Gasteiger charge is -2.37. The minimum absolute atomic E-state index is 0.119. The lowest BCUT2D eigenvalue weighted by Crippen LogP contribution is -2.42. The lowest BCUT2D eigenvalue weighted by atomic mass is 9.97. The molecule has 3 aromatic rings. The van der Waals surface area contributed by atoms with Crippen molar-refractivity contribution in [3.05, 3.63) is 64.6 Å². The summed E-state index contributed by atoms with van der Waals surface area (Å²) in [6.07, 6.45) is 0.873. The monoisotopic (exact) mass is 717 g/mol. The molecule has 2 bridgehead atoms. The first-order chi connectivity index (χ1) is 23.3. The Bertz CT molecular complexity index is 1720. The van der Waals surface area contributed by atoms with Gasteiger partial charge >= 0.3 is 12.2 Å². The van der Waals surface area contributed by atoms with Gasteiger partial charge in [0.25, 0.3) is 0 Å². The van der Waals surface area contributed by atoms with Crippen molar-refractivity contribution in [1.29, 1.82) is 0 Å². The van der Waals surface area contributed by atoms with E-state index >= 15 is 0 Å². The van der Waals surface area contributed by atoms with Crippen LogP contribution in [0.3, 0.4) is 0 Å². The molecule has 3 amide bonds. The normalized spacial score (nSPS) is 20.0. The molecular weight excluding hydrogens is 676 g/mol. The minimum atomic E-state index is -1.38. The number of rotatable bonds is 8. The van der Waals surface area contributed by atoms with Gasteiger partial charge in [0, 0.05) is 51.0 Å². The minimum Gasteiger partial charge on any atom is -0.453 e. The molecule has 2 aliphatic heterocycles. The highest BCUT2D eigenvalue weighted by Gasteiger charge is 2.38. The van der Waals surface area contributed by atoms with Gasteiger partial charge in [-0.2, -0.15) is 0 Å². The number of benzene rings is 2. The first kappa shape index (κ1) is 36.3. The number of fused-ring (bicyclic) bond motifs is 4. The summed E-state index contributed by atoms with van der Waals surface area (Å²) in [5, 5.41) is 5.37. The number of hydrogen-bond acceptors (Lipinski definition) is 7. The van der Waals surface area contributed by atoms with Gasteiger partial charge in [-0.1, -0.05) is 44.6 Å². The van der Waals surface area contributed by atoms with Crippen LogP contribution < -0.4 is 10.6 Å². The van der Waals surface area contributed by atoms with Crippen LogP contribution in [0, 0.1) is 17.6 Å². The summed E-state index contributed by atoms with van der Waals surface area (Å²) in [5.74, 6) is -1.85. The second-order valence-corrected chi connectivity index (χ2v) is 19.7. The molecule has 1 unspecified atom stereocenters. The van der Waals surface area contributed by atoms with Gasteiger partial charge in [-0.15, -0.1) is 0 Å². The van der Waals surface area contributed by atoms with Crippen molar-refractivity contribution >= 4 is 49.1 Å². The highest BCUT2D eigenvalue weighted by Crippen LogP contribution is 2.39. The maximum absolute atomic E-state index is 14.9. The molecule has 5 rings (SSSR count). The Morgan fingerprint density at radius 2 is 1.94 bits per heavy atom.